The largest absolute Gasteiger partial charge is 0.496 e. The summed E-state index contributed by atoms with van der Waals surface area (Å²) in [6.45, 7) is 8.59. The van der Waals surface area contributed by atoms with E-state index in [1.165, 1.54) is 16.7 Å². The van der Waals surface area contributed by atoms with Crippen molar-refractivity contribution in [1.29, 1.82) is 0 Å². The first-order chi connectivity index (χ1) is 12.9. The van der Waals surface area contributed by atoms with Gasteiger partial charge in [-0.05, 0) is 79.0 Å². The van der Waals surface area contributed by atoms with Crippen LogP contribution in [0, 0.1) is 0 Å². The first-order valence-corrected chi connectivity index (χ1v) is 9.97. The SMILES string of the molecule is CC=CC1Oc2c(Br)ccc(OC)c2-c2ccc3c(c21)C(C)=CC(C)(C)N3. The molecule has 1 unspecified atom stereocenters. The van der Waals surface area contributed by atoms with Crippen LogP contribution in [-0.2, 0) is 0 Å². The van der Waals surface area contributed by atoms with E-state index in [1.807, 2.05) is 25.1 Å². The number of hydrogen-bond donors (Lipinski definition) is 1. The van der Waals surface area contributed by atoms with Crippen LogP contribution in [-0.4, -0.2) is 12.6 Å². The third kappa shape index (κ3) is 2.87. The Bertz CT molecular complexity index is 988. The molecule has 0 saturated carbocycles. The highest BCUT2D eigenvalue weighted by Gasteiger charge is 2.34. The van der Waals surface area contributed by atoms with E-state index >= 15 is 0 Å². The highest BCUT2D eigenvalue weighted by atomic mass is 79.9. The van der Waals surface area contributed by atoms with Gasteiger partial charge in [0.1, 0.15) is 17.6 Å². The van der Waals surface area contributed by atoms with Gasteiger partial charge in [-0.25, -0.2) is 0 Å². The van der Waals surface area contributed by atoms with Gasteiger partial charge >= 0.3 is 0 Å². The second-order valence-electron chi connectivity index (χ2n) is 7.64. The minimum Gasteiger partial charge on any atom is -0.496 e. The molecule has 0 bridgehead atoms. The van der Waals surface area contributed by atoms with Crippen LogP contribution in [0.4, 0.5) is 5.69 Å². The van der Waals surface area contributed by atoms with Gasteiger partial charge in [-0.15, -0.1) is 0 Å². The van der Waals surface area contributed by atoms with Gasteiger partial charge in [-0.2, -0.15) is 0 Å². The van der Waals surface area contributed by atoms with E-state index in [2.05, 4.69) is 66.3 Å². The Labute approximate surface area is 169 Å². The number of benzene rings is 2. The molecule has 27 heavy (non-hydrogen) atoms. The van der Waals surface area contributed by atoms with Crippen molar-refractivity contribution in [1.82, 2.24) is 0 Å². The Morgan fingerprint density at radius 3 is 2.67 bits per heavy atom. The van der Waals surface area contributed by atoms with Crippen molar-refractivity contribution >= 4 is 27.2 Å². The highest BCUT2D eigenvalue weighted by molar-refractivity contribution is 9.10. The Morgan fingerprint density at radius 2 is 1.96 bits per heavy atom. The van der Waals surface area contributed by atoms with Crippen LogP contribution in [0.5, 0.6) is 11.5 Å². The van der Waals surface area contributed by atoms with Gasteiger partial charge in [0.2, 0.25) is 0 Å². The molecular weight excluding hydrogens is 402 g/mol. The molecule has 2 aromatic rings. The lowest BCUT2D eigenvalue weighted by Crippen LogP contribution is -2.32. The molecule has 2 aliphatic rings. The number of nitrogens with one attached hydrogen (secondary N) is 1. The number of anilines is 1. The molecule has 3 nitrogen and oxygen atoms in total. The molecule has 0 amide bonds. The molecule has 1 atom stereocenters. The number of halogens is 1. The van der Waals surface area contributed by atoms with Crippen molar-refractivity contribution in [2.45, 2.75) is 39.3 Å². The highest BCUT2D eigenvalue weighted by Crippen LogP contribution is 2.54. The van der Waals surface area contributed by atoms with Gasteiger partial charge in [0.15, 0.2) is 0 Å². The van der Waals surface area contributed by atoms with Gasteiger partial charge < -0.3 is 14.8 Å². The van der Waals surface area contributed by atoms with E-state index in [0.717, 1.165) is 32.8 Å². The molecular formula is C23H24BrNO2. The molecule has 0 saturated heterocycles. The minimum atomic E-state index is -0.151. The standard InChI is InChI=1S/C23H24BrNO2/c1-6-7-18-20-14(21-17(26-5)11-9-15(24)22(21)27-18)8-10-16-19(20)13(2)12-23(3,4)25-16/h6-12,18,25H,1-5H3. The van der Waals surface area contributed by atoms with Crippen LogP contribution in [0.3, 0.4) is 0 Å². The van der Waals surface area contributed by atoms with Crippen LogP contribution in [0.25, 0.3) is 16.7 Å². The average Bonchev–Trinajstić information content (AvgIpc) is 2.61. The predicted octanol–water partition coefficient (Wildman–Crippen LogP) is 6.74. The Hall–Kier alpha value is -2.20. The fourth-order valence-corrected chi connectivity index (χ4v) is 4.66. The first kappa shape index (κ1) is 18.2. The average molecular weight is 426 g/mol. The lowest BCUT2D eigenvalue weighted by molar-refractivity contribution is 0.248. The number of fused-ring (bicyclic) bond motifs is 5. The van der Waals surface area contributed by atoms with Gasteiger partial charge in [0.05, 0.1) is 22.7 Å². The van der Waals surface area contributed by atoms with Crippen LogP contribution >= 0.6 is 15.9 Å². The van der Waals surface area contributed by atoms with Crippen molar-refractivity contribution in [2.24, 2.45) is 0 Å². The minimum absolute atomic E-state index is 0.0738. The zero-order valence-electron chi connectivity index (χ0n) is 16.3. The summed E-state index contributed by atoms with van der Waals surface area (Å²) in [5.41, 5.74) is 6.91. The smallest absolute Gasteiger partial charge is 0.146 e. The summed E-state index contributed by atoms with van der Waals surface area (Å²) in [6.07, 6.45) is 6.30. The third-order valence-corrected chi connectivity index (χ3v) is 5.76. The molecule has 140 valence electrons. The van der Waals surface area contributed by atoms with E-state index in [1.54, 1.807) is 7.11 Å². The lowest BCUT2D eigenvalue weighted by Gasteiger charge is -2.37. The van der Waals surface area contributed by atoms with Crippen LogP contribution in [0.1, 0.15) is 44.9 Å². The maximum atomic E-state index is 6.47. The molecule has 1 N–H and O–H groups in total. The van der Waals surface area contributed by atoms with Gasteiger partial charge in [-0.1, -0.05) is 18.2 Å². The summed E-state index contributed by atoms with van der Waals surface area (Å²) in [4.78, 5) is 0. The van der Waals surface area contributed by atoms with Crippen LogP contribution in [0.15, 0.2) is 47.0 Å². The van der Waals surface area contributed by atoms with Crippen LogP contribution in [0.2, 0.25) is 0 Å². The van der Waals surface area contributed by atoms with E-state index < -0.39 is 0 Å². The van der Waals surface area contributed by atoms with Crippen molar-refractivity contribution in [3.8, 4) is 22.6 Å². The maximum Gasteiger partial charge on any atom is 0.146 e. The summed E-state index contributed by atoms with van der Waals surface area (Å²) in [6, 6.07) is 8.32. The normalized spacial score (nSPS) is 19.3. The van der Waals surface area contributed by atoms with E-state index in [9.17, 15) is 0 Å². The molecule has 0 spiro atoms. The topological polar surface area (TPSA) is 30.5 Å². The van der Waals surface area contributed by atoms with Gasteiger partial charge in [0, 0.05) is 16.8 Å². The number of hydrogen-bond acceptors (Lipinski definition) is 3. The monoisotopic (exact) mass is 425 g/mol. The molecule has 0 aromatic heterocycles. The van der Waals surface area contributed by atoms with Crippen molar-refractivity contribution in [2.75, 3.05) is 12.4 Å². The number of methoxy groups -OCH3 is 1. The zero-order chi connectivity index (χ0) is 19.3. The molecule has 0 aliphatic carbocycles. The van der Waals surface area contributed by atoms with Crippen molar-refractivity contribution < 1.29 is 9.47 Å². The van der Waals surface area contributed by atoms with Crippen molar-refractivity contribution in [3.05, 3.63) is 58.1 Å². The van der Waals surface area contributed by atoms with Crippen molar-refractivity contribution in [3.63, 3.8) is 0 Å². The zero-order valence-corrected chi connectivity index (χ0v) is 17.9. The summed E-state index contributed by atoms with van der Waals surface area (Å²) >= 11 is 3.65. The fourth-order valence-electron chi connectivity index (χ4n) is 4.23. The summed E-state index contributed by atoms with van der Waals surface area (Å²) < 4.78 is 13.1. The van der Waals surface area contributed by atoms with Gasteiger partial charge in [0.25, 0.3) is 0 Å². The third-order valence-electron chi connectivity index (χ3n) is 5.13. The fraction of sp³-hybridized carbons (Fsp3) is 0.304. The second-order valence-corrected chi connectivity index (χ2v) is 8.50. The Balaban J connectivity index is 2.07. The molecule has 4 heteroatoms. The number of ether oxygens (including phenoxy) is 2. The quantitative estimate of drug-likeness (QED) is 0.540. The maximum absolute atomic E-state index is 6.47. The van der Waals surface area contributed by atoms with Crippen LogP contribution < -0.4 is 14.8 Å². The molecule has 2 aromatic carbocycles. The Morgan fingerprint density at radius 1 is 1.19 bits per heavy atom. The molecule has 2 heterocycles. The summed E-state index contributed by atoms with van der Waals surface area (Å²) in [5, 5.41) is 3.65. The molecule has 0 fully saturated rings. The van der Waals surface area contributed by atoms with E-state index in [0.29, 0.717) is 0 Å². The number of rotatable bonds is 2. The lowest BCUT2D eigenvalue weighted by atomic mass is 9.81. The second kappa shape index (κ2) is 6.45. The first-order valence-electron chi connectivity index (χ1n) is 9.17. The molecule has 2 aliphatic heterocycles. The summed E-state index contributed by atoms with van der Waals surface area (Å²) in [5.74, 6) is 1.65. The number of allylic oxidation sites excluding steroid dienone is 2. The van der Waals surface area contributed by atoms with E-state index in [-0.39, 0.29) is 11.6 Å². The molecule has 4 rings (SSSR count). The Kier molecular flexibility index (Phi) is 4.34. The molecule has 0 radical (unpaired) electrons. The van der Waals surface area contributed by atoms with Gasteiger partial charge in [-0.3, -0.25) is 0 Å². The summed E-state index contributed by atoms with van der Waals surface area (Å²) in [7, 11) is 1.70. The predicted molar refractivity (Wildman–Crippen MR) is 116 cm³/mol. The van der Waals surface area contributed by atoms with E-state index in [4.69, 9.17) is 9.47 Å².